The van der Waals surface area contributed by atoms with Crippen LogP contribution in [-0.4, -0.2) is 9.97 Å². The van der Waals surface area contributed by atoms with Crippen LogP contribution < -0.4 is 9.47 Å². The van der Waals surface area contributed by atoms with Crippen molar-refractivity contribution in [3.63, 3.8) is 0 Å². The van der Waals surface area contributed by atoms with E-state index in [9.17, 15) is 0 Å². The van der Waals surface area contributed by atoms with E-state index < -0.39 is 0 Å². The number of hydrogen-bond acceptors (Lipinski definition) is 4. The molecule has 0 aliphatic heterocycles. The summed E-state index contributed by atoms with van der Waals surface area (Å²) in [7, 11) is 0. The number of hydrogen-bond donors (Lipinski definition) is 0. The lowest BCUT2D eigenvalue weighted by atomic mass is 10.1. The summed E-state index contributed by atoms with van der Waals surface area (Å²) in [5, 5.41) is 2.80. The maximum atomic E-state index is 5.88. The molecule has 2 aromatic heterocycles. The lowest BCUT2D eigenvalue weighted by Gasteiger charge is -2.08. The Hall–Kier alpha value is -2.82. The Morgan fingerprint density at radius 2 is 1.04 bits per heavy atom. The number of nitrogens with zero attached hydrogens (tertiary/aromatic N) is 2. The summed E-state index contributed by atoms with van der Waals surface area (Å²) in [5.41, 5.74) is 0. The van der Waals surface area contributed by atoms with E-state index in [0.717, 1.165) is 10.8 Å². The monoisotopic (exact) mass is 382 g/mol. The second kappa shape index (κ2) is 7.20. The molecule has 0 spiro atoms. The smallest absolute Gasteiger partial charge is 0.220 e. The van der Waals surface area contributed by atoms with Crippen LogP contribution in [0.3, 0.4) is 0 Å². The van der Waals surface area contributed by atoms with Gasteiger partial charge in [-0.3, -0.25) is 0 Å². The standard InChI is InChI=1S/C20H12Cl2N2O2/c21-17-3-1-5-19(23-17)25-15-9-7-14-12-16(10-8-13(14)11-15)26-20-6-2-4-18(22)24-20/h1-12H. The molecule has 0 aliphatic rings. The van der Waals surface area contributed by atoms with Crippen molar-refractivity contribution in [1.82, 2.24) is 9.97 Å². The highest BCUT2D eigenvalue weighted by Crippen LogP contribution is 2.29. The summed E-state index contributed by atoms with van der Waals surface area (Å²) in [5.74, 6) is 2.25. The quantitative estimate of drug-likeness (QED) is 0.376. The molecule has 4 aromatic rings. The molecule has 0 amide bonds. The van der Waals surface area contributed by atoms with Crippen LogP contribution >= 0.6 is 23.2 Å². The number of rotatable bonds is 4. The third-order valence-electron chi connectivity index (χ3n) is 3.61. The van der Waals surface area contributed by atoms with Gasteiger partial charge in [0.2, 0.25) is 11.8 Å². The van der Waals surface area contributed by atoms with Crippen LogP contribution in [0.15, 0.2) is 72.8 Å². The molecule has 0 atom stereocenters. The van der Waals surface area contributed by atoms with E-state index in [0.29, 0.717) is 33.6 Å². The topological polar surface area (TPSA) is 44.2 Å². The fourth-order valence-electron chi connectivity index (χ4n) is 2.46. The van der Waals surface area contributed by atoms with Gasteiger partial charge in [-0.05, 0) is 47.2 Å². The number of ether oxygens (including phenoxy) is 2. The minimum Gasteiger partial charge on any atom is -0.439 e. The molecule has 0 unspecified atom stereocenters. The fraction of sp³-hybridized carbons (Fsp3) is 0. The van der Waals surface area contributed by atoms with Crippen molar-refractivity contribution < 1.29 is 9.47 Å². The van der Waals surface area contributed by atoms with Crippen molar-refractivity contribution in [2.45, 2.75) is 0 Å². The van der Waals surface area contributed by atoms with Crippen molar-refractivity contribution in [3.05, 3.63) is 83.1 Å². The summed E-state index contributed by atoms with van der Waals surface area (Å²) in [6.07, 6.45) is 0. The van der Waals surface area contributed by atoms with Gasteiger partial charge in [-0.25, -0.2) is 9.97 Å². The Morgan fingerprint density at radius 3 is 1.46 bits per heavy atom. The summed E-state index contributed by atoms with van der Waals surface area (Å²) in [4.78, 5) is 8.24. The second-order valence-electron chi connectivity index (χ2n) is 5.47. The zero-order valence-electron chi connectivity index (χ0n) is 13.4. The van der Waals surface area contributed by atoms with Crippen LogP contribution in [-0.2, 0) is 0 Å². The molecule has 0 radical (unpaired) electrons. The Bertz CT molecular complexity index is 999. The van der Waals surface area contributed by atoms with E-state index in [1.165, 1.54) is 0 Å². The third kappa shape index (κ3) is 3.87. The first-order valence-electron chi connectivity index (χ1n) is 7.80. The normalized spacial score (nSPS) is 10.7. The van der Waals surface area contributed by atoms with Gasteiger partial charge < -0.3 is 9.47 Å². The number of pyridine rings is 2. The predicted octanol–water partition coefficient (Wildman–Crippen LogP) is 6.52. The highest BCUT2D eigenvalue weighted by molar-refractivity contribution is 6.29. The molecule has 4 rings (SSSR count). The van der Waals surface area contributed by atoms with Crippen LogP contribution in [0.1, 0.15) is 0 Å². The highest BCUT2D eigenvalue weighted by atomic mass is 35.5. The third-order valence-corrected chi connectivity index (χ3v) is 4.03. The molecule has 4 nitrogen and oxygen atoms in total. The molecule has 0 aliphatic carbocycles. The maximum Gasteiger partial charge on any atom is 0.220 e. The summed E-state index contributed by atoms with van der Waals surface area (Å²) < 4.78 is 11.5. The van der Waals surface area contributed by atoms with Crippen molar-refractivity contribution in [2.75, 3.05) is 0 Å². The van der Waals surface area contributed by atoms with E-state index in [1.807, 2.05) is 36.4 Å². The second-order valence-corrected chi connectivity index (χ2v) is 6.25. The highest BCUT2D eigenvalue weighted by Gasteiger charge is 2.04. The van der Waals surface area contributed by atoms with Crippen LogP contribution in [0.5, 0.6) is 23.3 Å². The number of fused-ring (bicyclic) bond motifs is 1. The van der Waals surface area contributed by atoms with Crippen molar-refractivity contribution in [3.8, 4) is 23.3 Å². The first kappa shape index (κ1) is 16.6. The molecule has 2 heterocycles. The number of aromatic nitrogens is 2. The summed E-state index contributed by atoms with van der Waals surface area (Å²) in [6.45, 7) is 0. The lowest BCUT2D eigenvalue weighted by Crippen LogP contribution is -1.89. The molecular formula is C20H12Cl2N2O2. The predicted molar refractivity (Wildman–Crippen MR) is 103 cm³/mol. The minimum atomic E-state index is 0.389. The minimum absolute atomic E-state index is 0.389. The largest absolute Gasteiger partial charge is 0.439 e. The van der Waals surface area contributed by atoms with E-state index in [-0.39, 0.29) is 0 Å². The lowest BCUT2D eigenvalue weighted by molar-refractivity contribution is 0.462. The number of halogens is 2. The molecule has 6 heteroatoms. The van der Waals surface area contributed by atoms with Crippen LogP contribution in [0.25, 0.3) is 10.8 Å². The van der Waals surface area contributed by atoms with E-state index in [4.69, 9.17) is 32.7 Å². The Labute approximate surface area is 160 Å². The van der Waals surface area contributed by atoms with Crippen LogP contribution in [0.4, 0.5) is 0 Å². The zero-order valence-corrected chi connectivity index (χ0v) is 14.9. The maximum absolute atomic E-state index is 5.88. The van der Waals surface area contributed by atoms with Gasteiger partial charge in [0, 0.05) is 12.1 Å². The molecule has 2 aromatic carbocycles. The van der Waals surface area contributed by atoms with Gasteiger partial charge in [0.05, 0.1) is 0 Å². The van der Waals surface area contributed by atoms with Crippen molar-refractivity contribution in [2.24, 2.45) is 0 Å². The zero-order chi connectivity index (χ0) is 17.9. The summed E-state index contributed by atoms with van der Waals surface area (Å²) >= 11 is 11.8. The van der Waals surface area contributed by atoms with Gasteiger partial charge in [-0.15, -0.1) is 0 Å². The first-order chi connectivity index (χ1) is 12.7. The van der Waals surface area contributed by atoms with Crippen molar-refractivity contribution >= 4 is 34.0 Å². The van der Waals surface area contributed by atoms with E-state index in [1.54, 1.807) is 36.4 Å². The van der Waals surface area contributed by atoms with E-state index >= 15 is 0 Å². The summed E-state index contributed by atoms with van der Waals surface area (Å²) in [6, 6.07) is 22.0. The molecule has 0 fully saturated rings. The average Bonchev–Trinajstić information content (AvgIpc) is 2.62. The van der Waals surface area contributed by atoms with Gasteiger partial charge >= 0.3 is 0 Å². The molecule has 128 valence electrons. The fourth-order valence-corrected chi connectivity index (χ4v) is 2.78. The number of benzene rings is 2. The van der Waals surface area contributed by atoms with Gasteiger partial charge in [0.25, 0.3) is 0 Å². The van der Waals surface area contributed by atoms with Crippen molar-refractivity contribution in [1.29, 1.82) is 0 Å². The van der Waals surface area contributed by atoms with Gasteiger partial charge in [-0.2, -0.15) is 0 Å². The van der Waals surface area contributed by atoms with E-state index in [2.05, 4.69) is 9.97 Å². The molecule has 0 saturated carbocycles. The Morgan fingerprint density at radius 1 is 0.577 bits per heavy atom. The molecule has 0 N–H and O–H groups in total. The van der Waals surface area contributed by atoms with Gasteiger partial charge in [0.1, 0.15) is 21.8 Å². The average molecular weight is 383 g/mol. The Balaban J connectivity index is 1.58. The van der Waals surface area contributed by atoms with Gasteiger partial charge in [-0.1, -0.05) is 47.5 Å². The molecule has 0 bridgehead atoms. The van der Waals surface area contributed by atoms with Gasteiger partial charge in [0.15, 0.2) is 0 Å². The Kier molecular flexibility index (Phi) is 4.61. The molecule has 0 saturated heterocycles. The van der Waals surface area contributed by atoms with Crippen LogP contribution in [0, 0.1) is 0 Å². The first-order valence-corrected chi connectivity index (χ1v) is 8.56. The SMILES string of the molecule is Clc1cccc(Oc2ccc3cc(Oc4cccc(Cl)n4)ccc3c2)n1. The molecular weight excluding hydrogens is 371 g/mol. The van der Waals surface area contributed by atoms with Crippen LogP contribution in [0.2, 0.25) is 10.3 Å². The molecule has 26 heavy (non-hydrogen) atoms.